The van der Waals surface area contributed by atoms with Crippen LogP contribution < -0.4 is 10.6 Å². The number of rotatable bonds is 3. The van der Waals surface area contributed by atoms with Crippen LogP contribution in [0.3, 0.4) is 0 Å². The monoisotopic (exact) mass is 205 g/mol. The van der Waals surface area contributed by atoms with E-state index in [1.807, 2.05) is 6.07 Å². The Balaban J connectivity index is 1.82. The van der Waals surface area contributed by atoms with Gasteiger partial charge in [-0.05, 0) is 19.2 Å². The van der Waals surface area contributed by atoms with Crippen LogP contribution in [0.25, 0.3) is 0 Å². The standard InChI is InChI=1S/C12H19N3/c1-15-8-7-13-9-12(15)10-14-11-5-3-2-4-6-11/h2-6,12-14H,7-10H2,1H3. The van der Waals surface area contributed by atoms with Crippen LogP contribution in [0.5, 0.6) is 0 Å². The van der Waals surface area contributed by atoms with E-state index in [0.717, 1.165) is 26.2 Å². The van der Waals surface area contributed by atoms with Crippen molar-refractivity contribution in [1.29, 1.82) is 0 Å². The molecule has 82 valence electrons. The molecular formula is C12H19N3. The van der Waals surface area contributed by atoms with Crippen molar-refractivity contribution in [2.45, 2.75) is 6.04 Å². The summed E-state index contributed by atoms with van der Waals surface area (Å²) in [6.45, 7) is 4.34. The maximum Gasteiger partial charge on any atom is 0.0390 e. The molecule has 0 radical (unpaired) electrons. The van der Waals surface area contributed by atoms with Crippen LogP contribution in [-0.4, -0.2) is 44.2 Å². The predicted molar refractivity (Wildman–Crippen MR) is 64.2 cm³/mol. The summed E-state index contributed by atoms with van der Waals surface area (Å²) in [5.41, 5.74) is 1.21. The van der Waals surface area contributed by atoms with Gasteiger partial charge in [-0.1, -0.05) is 18.2 Å². The second-order valence-corrected chi connectivity index (χ2v) is 4.09. The predicted octanol–water partition coefficient (Wildman–Crippen LogP) is 1.00. The zero-order chi connectivity index (χ0) is 10.5. The zero-order valence-corrected chi connectivity index (χ0v) is 9.24. The van der Waals surface area contributed by atoms with Crippen LogP contribution in [-0.2, 0) is 0 Å². The third kappa shape index (κ3) is 2.94. The van der Waals surface area contributed by atoms with Gasteiger partial charge in [-0.15, -0.1) is 0 Å². The summed E-state index contributed by atoms with van der Waals surface area (Å²) in [5.74, 6) is 0. The van der Waals surface area contributed by atoms with Gasteiger partial charge < -0.3 is 10.6 Å². The van der Waals surface area contributed by atoms with E-state index in [1.165, 1.54) is 5.69 Å². The van der Waals surface area contributed by atoms with E-state index in [1.54, 1.807) is 0 Å². The third-order valence-corrected chi connectivity index (χ3v) is 2.96. The van der Waals surface area contributed by atoms with Crippen molar-refractivity contribution in [3.8, 4) is 0 Å². The highest BCUT2D eigenvalue weighted by molar-refractivity contribution is 5.42. The molecule has 0 aliphatic carbocycles. The van der Waals surface area contributed by atoms with Gasteiger partial charge in [-0.25, -0.2) is 0 Å². The fraction of sp³-hybridized carbons (Fsp3) is 0.500. The number of likely N-dealkylation sites (N-methyl/N-ethyl adjacent to an activating group) is 1. The molecule has 1 aliphatic rings. The Morgan fingerprint density at radius 1 is 1.40 bits per heavy atom. The van der Waals surface area contributed by atoms with Crippen molar-refractivity contribution in [1.82, 2.24) is 10.2 Å². The number of benzene rings is 1. The van der Waals surface area contributed by atoms with E-state index in [9.17, 15) is 0 Å². The number of piperazine rings is 1. The molecule has 0 bridgehead atoms. The fourth-order valence-corrected chi connectivity index (χ4v) is 1.88. The Morgan fingerprint density at radius 3 is 2.93 bits per heavy atom. The van der Waals surface area contributed by atoms with Gasteiger partial charge in [0.2, 0.25) is 0 Å². The summed E-state index contributed by atoms with van der Waals surface area (Å²) in [7, 11) is 2.19. The maximum atomic E-state index is 3.46. The van der Waals surface area contributed by atoms with Crippen LogP contribution in [0.1, 0.15) is 0 Å². The molecule has 1 saturated heterocycles. The highest BCUT2D eigenvalue weighted by atomic mass is 15.2. The van der Waals surface area contributed by atoms with E-state index in [0.29, 0.717) is 6.04 Å². The molecule has 2 N–H and O–H groups in total. The van der Waals surface area contributed by atoms with Crippen molar-refractivity contribution < 1.29 is 0 Å². The highest BCUT2D eigenvalue weighted by Crippen LogP contribution is 2.06. The first-order valence-electron chi connectivity index (χ1n) is 5.56. The Morgan fingerprint density at radius 2 is 2.20 bits per heavy atom. The average molecular weight is 205 g/mol. The Kier molecular flexibility index (Phi) is 3.59. The largest absolute Gasteiger partial charge is 0.383 e. The topological polar surface area (TPSA) is 27.3 Å². The number of anilines is 1. The van der Waals surface area contributed by atoms with Gasteiger partial charge in [0.05, 0.1) is 0 Å². The van der Waals surface area contributed by atoms with Crippen LogP contribution in [0.2, 0.25) is 0 Å². The molecule has 2 rings (SSSR count). The number of nitrogens with one attached hydrogen (secondary N) is 2. The molecule has 0 aromatic heterocycles. The molecule has 1 unspecified atom stereocenters. The normalized spacial score (nSPS) is 22.6. The van der Waals surface area contributed by atoms with Crippen LogP contribution in [0.4, 0.5) is 5.69 Å². The summed E-state index contributed by atoms with van der Waals surface area (Å²) in [6.07, 6.45) is 0. The maximum absolute atomic E-state index is 3.46. The molecule has 1 fully saturated rings. The third-order valence-electron chi connectivity index (χ3n) is 2.96. The van der Waals surface area contributed by atoms with E-state index in [-0.39, 0.29) is 0 Å². The van der Waals surface area contributed by atoms with Gasteiger partial charge in [-0.2, -0.15) is 0 Å². The summed E-state index contributed by atoms with van der Waals surface area (Å²) in [6, 6.07) is 11.0. The second-order valence-electron chi connectivity index (χ2n) is 4.09. The van der Waals surface area contributed by atoms with Gasteiger partial charge in [0, 0.05) is 37.9 Å². The van der Waals surface area contributed by atoms with Gasteiger partial charge in [0.15, 0.2) is 0 Å². The summed E-state index contributed by atoms with van der Waals surface area (Å²) in [4.78, 5) is 2.41. The molecule has 1 aliphatic heterocycles. The smallest absolute Gasteiger partial charge is 0.0390 e. The van der Waals surface area contributed by atoms with Crippen molar-refractivity contribution in [3.05, 3.63) is 30.3 Å². The van der Waals surface area contributed by atoms with Gasteiger partial charge in [-0.3, -0.25) is 4.90 Å². The molecule has 15 heavy (non-hydrogen) atoms. The highest BCUT2D eigenvalue weighted by Gasteiger charge is 2.17. The minimum Gasteiger partial charge on any atom is -0.383 e. The number of nitrogens with zero attached hydrogens (tertiary/aromatic N) is 1. The summed E-state index contributed by atoms with van der Waals surface area (Å²) >= 11 is 0. The van der Waals surface area contributed by atoms with E-state index >= 15 is 0 Å². The Bertz CT molecular complexity index is 286. The molecule has 3 heteroatoms. The SMILES string of the molecule is CN1CCNCC1CNc1ccccc1. The molecule has 0 amide bonds. The van der Waals surface area contributed by atoms with Crippen molar-refractivity contribution in [3.63, 3.8) is 0 Å². The van der Waals surface area contributed by atoms with E-state index < -0.39 is 0 Å². The lowest BCUT2D eigenvalue weighted by molar-refractivity contribution is 0.209. The molecule has 0 spiro atoms. The summed E-state index contributed by atoms with van der Waals surface area (Å²) < 4.78 is 0. The molecule has 1 aromatic carbocycles. The molecule has 1 atom stereocenters. The lowest BCUT2D eigenvalue weighted by Crippen LogP contribution is -2.52. The van der Waals surface area contributed by atoms with Crippen LogP contribution in [0.15, 0.2) is 30.3 Å². The number of hydrogen-bond donors (Lipinski definition) is 2. The molecule has 3 nitrogen and oxygen atoms in total. The Hall–Kier alpha value is -1.06. The minimum atomic E-state index is 0.596. The molecule has 1 aromatic rings. The second kappa shape index (κ2) is 5.14. The number of hydrogen-bond acceptors (Lipinski definition) is 3. The van der Waals surface area contributed by atoms with E-state index in [2.05, 4.69) is 46.8 Å². The molecule has 0 saturated carbocycles. The van der Waals surface area contributed by atoms with Crippen molar-refractivity contribution in [2.24, 2.45) is 0 Å². The van der Waals surface area contributed by atoms with Gasteiger partial charge >= 0.3 is 0 Å². The molecule has 1 heterocycles. The number of para-hydroxylation sites is 1. The van der Waals surface area contributed by atoms with Crippen molar-refractivity contribution in [2.75, 3.05) is 38.5 Å². The molecular weight excluding hydrogens is 186 g/mol. The zero-order valence-electron chi connectivity index (χ0n) is 9.24. The minimum absolute atomic E-state index is 0.596. The lowest BCUT2D eigenvalue weighted by atomic mass is 10.2. The average Bonchev–Trinajstić information content (AvgIpc) is 2.29. The van der Waals surface area contributed by atoms with Crippen LogP contribution >= 0.6 is 0 Å². The van der Waals surface area contributed by atoms with E-state index in [4.69, 9.17) is 0 Å². The van der Waals surface area contributed by atoms with Crippen molar-refractivity contribution >= 4 is 5.69 Å². The summed E-state index contributed by atoms with van der Waals surface area (Å²) in [5, 5.41) is 6.88. The van der Waals surface area contributed by atoms with Gasteiger partial charge in [0.1, 0.15) is 0 Å². The quantitative estimate of drug-likeness (QED) is 0.771. The Labute approximate surface area is 91.5 Å². The lowest BCUT2D eigenvalue weighted by Gasteiger charge is -2.33. The fourth-order valence-electron chi connectivity index (χ4n) is 1.88. The first-order chi connectivity index (χ1) is 7.36. The van der Waals surface area contributed by atoms with Crippen LogP contribution in [0, 0.1) is 0 Å². The van der Waals surface area contributed by atoms with Gasteiger partial charge in [0.25, 0.3) is 0 Å². The first-order valence-corrected chi connectivity index (χ1v) is 5.56. The first kappa shape index (κ1) is 10.5.